The first-order valence-corrected chi connectivity index (χ1v) is 7.71. The highest BCUT2D eigenvalue weighted by Gasteiger charge is 2.40. The van der Waals surface area contributed by atoms with Gasteiger partial charge in [0.25, 0.3) is 0 Å². The third-order valence-corrected chi connectivity index (χ3v) is 3.24. The number of nitrogens with two attached hydrogens (primary N) is 1. The first-order chi connectivity index (χ1) is 10.3. The van der Waals surface area contributed by atoms with Crippen molar-refractivity contribution in [3.63, 3.8) is 0 Å². The summed E-state index contributed by atoms with van der Waals surface area (Å²) in [4.78, 5) is 25.1. The van der Waals surface area contributed by atoms with Gasteiger partial charge in [0, 0.05) is 0 Å². The Labute approximate surface area is 139 Å². The van der Waals surface area contributed by atoms with E-state index in [1.807, 2.05) is 34.7 Å². The number of rotatable bonds is 3. The van der Waals surface area contributed by atoms with Crippen LogP contribution in [0.4, 0.5) is 11.4 Å². The lowest BCUT2D eigenvalue weighted by Crippen LogP contribution is -2.42. The van der Waals surface area contributed by atoms with Crippen LogP contribution in [-0.4, -0.2) is 25.3 Å². The molecule has 0 fully saturated rings. The van der Waals surface area contributed by atoms with E-state index in [9.17, 15) is 9.59 Å². The smallest absolute Gasteiger partial charge is 0.319 e. The minimum absolute atomic E-state index is 0.415. The largest absolute Gasteiger partial charge is 0.459 e. The van der Waals surface area contributed by atoms with Crippen molar-refractivity contribution in [3.05, 3.63) is 18.2 Å². The predicted octanol–water partition coefficient (Wildman–Crippen LogP) is 1.47. The Morgan fingerprint density at radius 3 is 2.17 bits per heavy atom. The summed E-state index contributed by atoms with van der Waals surface area (Å²) in [6, 6.07) is 5.36. The van der Waals surface area contributed by atoms with E-state index in [1.165, 1.54) is 0 Å². The number of nitrogens with one attached hydrogen (secondary N) is 1. The summed E-state index contributed by atoms with van der Waals surface area (Å²) >= 11 is 0. The van der Waals surface area contributed by atoms with E-state index >= 15 is 0 Å². The summed E-state index contributed by atoms with van der Waals surface area (Å²) < 4.78 is 5.40. The van der Waals surface area contributed by atoms with Gasteiger partial charge in [-0.15, -0.1) is 0 Å². The number of hydrogen-bond donors (Lipinski definition) is 2. The number of anilines is 2. The molecule has 0 saturated carbocycles. The number of carbonyl (C=O) groups excluding carboxylic acids is 2. The van der Waals surface area contributed by atoms with Crippen molar-refractivity contribution < 1.29 is 14.3 Å². The molecule has 1 aromatic carbocycles. The second kappa shape index (κ2) is 6.65. The number of amides is 1. The maximum Gasteiger partial charge on any atom is 0.319 e. The van der Waals surface area contributed by atoms with Crippen LogP contribution in [0.1, 0.15) is 41.5 Å². The van der Waals surface area contributed by atoms with Gasteiger partial charge in [0.15, 0.2) is 0 Å². The minimum atomic E-state index is -0.928. The Bertz CT molecular complexity index is 601. The lowest BCUT2D eigenvalue weighted by Gasteiger charge is -2.31. The van der Waals surface area contributed by atoms with Crippen LogP contribution in [0.15, 0.2) is 18.2 Å². The molecule has 0 aliphatic rings. The summed E-state index contributed by atoms with van der Waals surface area (Å²) in [6.45, 7) is 10.8. The monoisotopic (exact) mass is 318 g/mol. The van der Waals surface area contributed by atoms with Gasteiger partial charge < -0.3 is 15.8 Å². The van der Waals surface area contributed by atoms with Crippen molar-refractivity contribution in [1.29, 1.82) is 0 Å². The molecular formula is C17H27BN2O3. The number of benzene rings is 1. The Hall–Kier alpha value is -1.98. The molecule has 5 nitrogen and oxygen atoms in total. The van der Waals surface area contributed by atoms with Gasteiger partial charge in [-0.2, -0.15) is 0 Å². The molecule has 23 heavy (non-hydrogen) atoms. The van der Waals surface area contributed by atoms with Gasteiger partial charge in [-0.3, -0.25) is 9.59 Å². The molecule has 0 heterocycles. The molecule has 1 atom stereocenters. The van der Waals surface area contributed by atoms with Gasteiger partial charge in [0.1, 0.15) is 19.4 Å². The van der Waals surface area contributed by atoms with Crippen LogP contribution in [0.25, 0.3) is 0 Å². The number of hydrogen-bond acceptors (Lipinski definition) is 4. The quantitative estimate of drug-likeness (QED) is 0.383. The fraction of sp³-hybridized carbons (Fsp3) is 0.529. The van der Waals surface area contributed by atoms with Crippen molar-refractivity contribution >= 4 is 36.6 Å². The lowest BCUT2D eigenvalue weighted by atomic mass is 9.80. The van der Waals surface area contributed by atoms with Gasteiger partial charge in [-0.25, -0.2) is 0 Å². The maximum atomic E-state index is 12.7. The number of nitrogen functional groups attached to an aromatic ring is 1. The molecule has 0 aliphatic carbocycles. The van der Waals surface area contributed by atoms with Gasteiger partial charge in [-0.1, -0.05) is 32.3 Å². The highest BCUT2D eigenvalue weighted by molar-refractivity contribution is 6.32. The van der Waals surface area contributed by atoms with Crippen LogP contribution >= 0.6 is 0 Å². The van der Waals surface area contributed by atoms with E-state index in [4.69, 9.17) is 10.5 Å². The molecule has 0 spiro atoms. The molecule has 0 aromatic heterocycles. The SMILES string of the molecule is Bc1ccc(NC(=O)[C@@H](C(=O)OC(C)(C)C)C(C)(C)C)c(N)c1. The molecule has 0 saturated heterocycles. The summed E-state index contributed by atoms with van der Waals surface area (Å²) in [7, 11) is 1.92. The molecule has 0 radical (unpaired) electrons. The van der Waals surface area contributed by atoms with Gasteiger partial charge in [-0.05, 0) is 38.3 Å². The van der Waals surface area contributed by atoms with E-state index in [2.05, 4.69) is 5.32 Å². The number of esters is 1. The fourth-order valence-corrected chi connectivity index (χ4v) is 2.22. The van der Waals surface area contributed by atoms with Gasteiger partial charge in [0.2, 0.25) is 5.91 Å². The summed E-state index contributed by atoms with van der Waals surface area (Å²) in [5.41, 5.74) is 6.67. The third-order valence-electron chi connectivity index (χ3n) is 3.24. The second-order valence-corrected chi connectivity index (χ2v) is 7.91. The van der Waals surface area contributed by atoms with E-state index < -0.39 is 28.8 Å². The molecule has 0 unspecified atom stereocenters. The first-order valence-electron chi connectivity index (χ1n) is 7.71. The molecule has 1 amide bonds. The zero-order valence-corrected chi connectivity index (χ0v) is 15.1. The summed E-state index contributed by atoms with van der Waals surface area (Å²) in [5, 5.41) is 2.75. The Morgan fingerprint density at radius 1 is 1.17 bits per heavy atom. The van der Waals surface area contributed by atoms with Crippen molar-refractivity contribution in [1.82, 2.24) is 0 Å². The van der Waals surface area contributed by atoms with Crippen LogP contribution in [-0.2, 0) is 14.3 Å². The molecule has 3 N–H and O–H groups in total. The van der Waals surface area contributed by atoms with Crippen LogP contribution in [0.5, 0.6) is 0 Å². The van der Waals surface area contributed by atoms with Crippen LogP contribution in [0.2, 0.25) is 0 Å². The molecular weight excluding hydrogens is 291 g/mol. The van der Waals surface area contributed by atoms with E-state index in [0.29, 0.717) is 11.4 Å². The Kier molecular flexibility index (Phi) is 5.51. The minimum Gasteiger partial charge on any atom is -0.459 e. The highest BCUT2D eigenvalue weighted by atomic mass is 16.6. The van der Waals surface area contributed by atoms with Gasteiger partial charge in [0.05, 0.1) is 11.4 Å². The Morgan fingerprint density at radius 2 is 1.74 bits per heavy atom. The van der Waals surface area contributed by atoms with Gasteiger partial charge >= 0.3 is 5.97 Å². The summed E-state index contributed by atoms with van der Waals surface area (Å²) in [6.07, 6.45) is 0. The van der Waals surface area contributed by atoms with Crippen molar-refractivity contribution in [2.75, 3.05) is 11.1 Å². The summed E-state index contributed by atoms with van der Waals surface area (Å²) in [5.74, 6) is -1.88. The van der Waals surface area contributed by atoms with E-state index in [0.717, 1.165) is 5.46 Å². The van der Waals surface area contributed by atoms with Crippen molar-refractivity contribution in [3.8, 4) is 0 Å². The third kappa shape index (κ3) is 5.62. The van der Waals surface area contributed by atoms with E-state index in [-0.39, 0.29) is 0 Å². The molecule has 0 bridgehead atoms. The number of carbonyl (C=O) groups is 2. The highest BCUT2D eigenvalue weighted by Crippen LogP contribution is 2.30. The molecule has 0 aliphatic heterocycles. The zero-order valence-electron chi connectivity index (χ0n) is 15.1. The van der Waals surface area contributed by atoms with E-state index in [1.54, 1.807) is 32.9 Å². The average Bonchev–Trinajstić information content (AvgIpc) is 2.28. The van der Waals surface area contributed by atoms with Crippen LogP contribution in [0, 0.1) is 11.3 Å². The first kappa shape index (κ1) is 19.1. The lowest BCUT2D eigenvalue weighted by molar-refractivity contribution is -0.165. The van der Waals surface area contributed by atoms with Crippen molar-refractivity contribution in [2.45, 2.75) is 47.1 Å². The zero-order chi connectivity index (χ0) is 18.0. The average molecular weight is 318 g/mol. The molecule has 126 valence electrons. The standard InChI is InChI=1S/C17H27BN2O3/c1-16(2,3)13(15(22)23-17(4,5)6)14(21)20-12-8-7-10(18)9-11(12)19/h7-9,13H,18-19H2,1-6H3,(H,20,21)/t13-/m0/s1. The maximum absolute atomic E-state index is 12.7. The van der Waals surface area contributed by atoms with Crippen LogP contribution < -0.4 is 16.5 Å². The topological polar surface area (TPSA) is 81.4 Å². The Balaban J connectivity index is 3.04. The number of ether oxygens (including phenoxy) is 1. The molecule has 1 aromatic rings. The second-order valence-electron chi connectivity index (χ2n) is 7.91. The fourth-order valence-electron chi connectivity index (χ4n) is 2.22. The molecule has 6 heteroatoms. The van der Waals surface area contributed by atoms with Crippen LogP contribution in [0.3, 0.4) is 0 Å². The predicted molar refractivity (Wildman–Crippen MR) is 96.5 cm³/mol. The normalized spacial score (nSPS) is 13.3. The molecule has 1 rings (SSSR count). The van der Waals surface area contributed by atoms with Crippen molar-refractivity contribution in [2.24, 2.45) is 11.3 Å².